The van der Waals surface area contributed by atoms with Crippen LogP contribution in [0.1, 0.15) is 21.5 Å². The van der Waals surface area contributed by atoms with E-state index in [0.29, 0.717) is 5.56 Å². The summed E-state index contributed by atoms with van der Waals surface area (Å²) in [5.74, 6) is -0.125. The zero-order valence-electron chi connectivity index (χ0n) is 17.8. The van der Waals surface area contributed by atoms with Crippen molar-refractivity contribution in [3.63, 3.8) is 0 Å². The number of carbonyl (C=O) groups is 1. The first-order valence-corrected chi connectivity index (χ1v) is 11.4. The number of nitrogens with zero attached hydrogens (tertiary/aromatic N) is 1. The Morgan fingerprint density at radius 2 is 1.65 bits per heavy atom. The highest BCUT2D eigenvalue weighted by molar-refractivity contribution is 7.98. The van der Waals surface area contributed by atoms with Gasteiger partial charge in [0.05, 0.1) is 5.69 Å². The molecule has 0 saturated heterocycles. The highest BCUT2D eigenvalue weighted by Crippen LogP contribution is 2.31. The van der Waals surface area contributed by atoms with E-state index in [2.05, 4.69) is 48.4 Å². The zero-order valence-corrected chi connectivity index (χ0v) is 18.7. The standard InChI is InChI=1S/C27H24N2OS/c1-18-13-19(2)15-21(14-18)25-17-23(31-3)10-11-24(25)27(30)29-22-8-6-7-20(16-22)26-9-4-5-12-28-26/h4-17H,1-3H3,(H,29,30). The minimum absolute atomic E-state index is 0.125. The molecule has 154 valence electrons. The fraction of sp³-hybridized carbons (Fsp3) is 0.111. The number of pyridine rings is 1. The summed E-state index contributed by atoms with van der Waals surface area (Å²) in [7, 11) is 0. The second-order valence-electron chi connectivity index (χ2n) is 7.54. The summed E-state index contributed by atoms with van der Waals surface area (Å²) in [6.07, 6.45) is 3.81. The van der Waals surface area contributed by atoms with Gasteiger partial charge in [-0.2, -0.15) is 0 Å². The van der Waals surface area contributed by atoms with Gasteiger partial charge in [-0.3, -0.25) is 9.78 Å². The summed E-state index contributed by atoms with van der Waals surface area (Å²) in [5, 5.41) is 3.07. The van der Waals surface area contributed by atoms with Gasteiger partial charge in [0.1, 0.15) is 0 Å². The Morgan fingerprint density at radius 1 is 0.839 bits per heavy atom. The molecule has 0 fully saturated rings. The number of nitrogens with one attached hydrogen (secondary N) is 1. The Balaban J connectivity index is 1.69. The number of aromatic nitrogens is 1. The smallest absolute Gasteiger partial charge is 0.256 e. The third-order valence-electron chi connectivity index (χ3n) is 5.09. The van der Waals surface area contributed by atoms with Gasteiger partial charge < -0.3 is 5.32 Å². The van der Waals surface area contributed by atoms with Crippen LogP contribution in [-0.4, -0.2) is 17.1 Å². The fourth-order valence-electron chi connectivity index (χ4n) is 3.71. The van der Waals surface area contributed by atoms with E-state index >= 15 is 0 Å². The van der Waals surface area contributed by atoms with Crippen LogP contribution < -0.4 is 5.32 Å². The molecule has 4 rings (SSSR count). The van der Waals surface area contributed by atoms with Crippen LogP contribution in [0.2, 0.25) is 0 Å². The summed E-state index contributed by atoms with van der Waals surface area (Å²) in [4.78, 5) is 18.8. The molecule has 1 amide bonds. The predicted octanol–water partition coefficient (Wildman–Crippen LogP) is 7.01. The highest BCUT2D eigenvalue weighted by Gasteiger charge is 2.15. The number of benzene rings is 3. The van der Waals surface area contributed by atoms with Gasteiger partial charge in [0.15, 0.2) is 0 Å². The number of aryl methyl sites for hydroxylation is 2. The SMILES string of the molecule is CSc1ccc(C(=O)Nc2cccc(-c3ccccn3)c2)c(-c2cc(C)cc(C)c2)c1. The Bertz CT molecular complexity index is 1210. The molecular formula is C27H24N2OS. The first-order chi connectivity index (χ1) is 15.0. The number of hydrogen-bond acceptors (Lipinski definition) is 3. The van der Waals surface area contributed by atoms with E-state index in [1.165, 1.54) is 11.1 Å². The molecule has 0 aliphatic heterocycles. The normalized spacial score (nSPS) is 10.7. The van der Waals surface area contributed by atoms with Gasteiger partial charge in [0, 0.05) is 27.9 Å². The minimum atomic E-state index is -0.125. The molecule has 0 radical (unpaired) electrons. The minimum Gasteiger partial charge on any atom is -0.322 e. The van der Waals surface area contributed by atoms with Crippen molar-refractivity contribution in [2.45, 2.75) is 18.7 Å². The Morgan fingerprint density at radius 3 is 2.35 bits per heavy atom. The van der Waals surface area contributed by atoms with Crippen LogP contribution in [0.5, 0.6) is 0 Å². The van der Waals surface area contributed by atoms with Gasteiger partial charge in [-0.25, -0.2) is 0 Å². The molecule has 0 bridgehead atoms. The van der Waals surface area contributed by atoms with Gasteiger partial charge in [-0.1, -0.05) is 47.5 Å². The van der Waals surface area contributed by atoms with Crippen molar-refractivity contribution in [3.05, 3.63) is 102 Å². The van der Waals surface area contributed by atoms with Crippen molar-refractivity contribution < 1.29 is 4.79 Å². The Kier molecular flexibility index (Phi) is 6.19. The quantitative estimate of drug-likeness (QED) is 0.351. The fourth-order valence-corrected chi connectivity index (χ4v) is 4.15. The monoisotopic (exact) mass is 424 g/mol. The summed E-state index contributed by atoms with van der Waals surface area (Å²) in [6, 6.07) is 26.0. The lowest BCUT2D eigenvalue weighted by Gasteiger charge is -2.14. The molecule has 0 unspecified atom stereocenters. The molecule has 3 nitrogen and oxygen atoms in total. The van der Waals surface area contributed by atoms with Crippen molar-refractivity contribution in [1.29, 1.82) is 0 Å². The number of rotatable bonds is 5. The van der Waals surface area contributed by atoms with Crippen LogP contribution in [0.3, 0.4) is 0 Å². The topological polar surface area (TPSA) is 42.0 Å². The second kappa shape index (κ2) is 9.19. The molecule has 0 saturated carbocycles. The first kappa shape index (κ1) is 20.9. The van der Waals surface area contributed by atoms with Crippen LogP contribution in [0.25, 0.3) is 22.4 Å². The molecule has 3 aromatic carbocycles. The van der Waals surface area contributed by atoms with Crippen molar-refractivity contribution in [2.24, 2.45) is 0 Å². The van der Waals surface area contributed by atoms with Gasteiger partial charge in [-0.15, -0.1) is 11.8 Å². The van der Waals surface area contributed by atoms with Crippen LogP contribution in [0.15, 0.2) is 90.0 Å². The van der Waals surface area contributed by atoms with Gasteiger partial charge >= 0.3 is 0 Å². The summed E-state index contributed by atoms with van der Waals surface area (Å²) < 4.78 is 0. The molecule has 4 aromatic rings. The Labute approximate surface area is 187 Å². The number of amides is 1. The molecule has 1 aromatic heterocycles. The van der Waals surface area contributed by atoms with E-state index in [1.54, 1.807) is 18.0 Å². The predicted molar refractivity (Wildman–Crippen MR) is 131 cm³/mol. The van der Waals surface area contributed by atoms with E-state index in [4.69, 9.17) is 0 Å². The van der Waals surface area contributed by atoms with Crippen molar-refractivity contribution in [2.75, 3.05) is 11.6 Å². The maximum Gasteiger partial charge on any atom is 0.256 e. The molecule has 4 heteroatoms. The zero-order chi connectivity index (χ0) is 21.8. The largest absolute Gasteiger partial charge is 0.322 e. The van der Waals surface area contributed by atoms with Gasteiger partial charge in [-0.05, 0) is 73.7 Å². The molecule has 1 heterocycles. The lowest BCUT2D eigenvalue weighted by atomic mass is 9.96. The third kappa shape index (κ3) is 4.86. The summed E-state index contributed by atoms with van der Waals surface area (Å²) in [6.45, 7) is 4.16. The molecule has 0 spiro atoms. The van der Waals surface area contributed by atoms with Crippen molar-refractivity contribution in [1.82, 2.24) is 4.98 Å². The lowest BCUT2D eigenvalue weighted by Crippen LogP contribution is -2.13. The molecular weight excluding hydrogens is 400 g/mol. The van der Waals surface area contributed by atoms with Gasteiger partial charge in [0.2, 0.25) is 0 Å². The van der Waals surface area contributed by atoms with E-state index in [9.17, 15) is 4.79 Å². The molecule has 0 aliphatic carbocycles. The molecule has 1 N–H and O–H groups in total. The number of anilines is 1. The highest BCUT2D eigenvalue weighted by atomic mass is 32.2. The van der Waals surface area contributed by atoms with Gasteiger partial charge in [0.25, 0.3) is 5.91 Å². The van der Waals surface area contributed by atoms with Crippen LogP contribution in [0.4, 0.5) is 5.69 Å². The van der Waals surface area contributed by atoms with E-state index in [1.807, 2.05) is 60.9 Å². The van der Waals surface area contributed by atoms with E-state index < -0.39 is 0 Å². The average Bonchev–Trinajstić information content (AvgIpc) is 2.78. The number of hydrogen-bond donors (Lipinski definition) is 1. The van der Waals surface area contributed by atoms with Crippen LogP contribution >= 0.6 is 11.8 Å². The van der Waals surface area contributed by atoms with E-state index in [-0.39, 0.29) is 5.91 Å². The third-order valence-corrected chi connectivity index (χ3v) is 5.81. The number of thioether (sulfide) groups is 1. The number of carbonyl (C=O) groups excluding carboxylic acids is 1. The summed E-state index contributed by atoms with van der Waals surface area (Å²) >= 11 is 1.67. The summed E-state index contributed by atoms with van der Waals surface area (Å²) in [5.41, 5.74) is 7.60. The molecule has 0 atom stereocenters. The van der Waals surface area contributed by atoms with Crippen LogP contribution in [-0.2, 0) is 0 Å². The average molecular weight is 425 g/mol. The maximum absolute atomic E-state index is 13.3. The lowest BCUT2D eigenvalue weighted by molar-refractivity contribution is 0.102. The van der Waals surface area contributed by atoms with Crippen LogP contribution in [0, 0.1) is 13.8 Å². The molecule has 31 heavy (non-hydrogen) atoms. The maximum atomic E-state index is 13.3. The van der Waals surface area contributed by atoms with Crippen molar-refractivity contribution in [3.8, 4) is 22.4 Å². The van der Waals surface area contributed by atoms with E-state index in [0.717, 1.165) is 33.0 Å². The van der Waals surface area contributed by atoms with Crippen molar-refractivity contribution >= 4 is 23.4 Å². The Hall–Kier alpha value is -3.37. The second-order valence-corrected chi connectivity index (χ2v) is 8.42. The first-order valence-electron chi connectivity index (χ1n) is 10.1. The molecule has 0 aliphatic rings.